The lowest BCUT2D eigenvalue weighted by molar-refractivity contribution is 0.103. The van der Waals surface area contributed by atoms with Crippen molar-refractivity contribution in [1.29, 1.82) is 0 Å². The molecule has 1 N–H and O–H groups in total. The highest BCUT2D eigenvalue weighted by atomic mass is 32.2. The van der Waals surface area contributed by atoms with E-state index < -0.39 is 0 Å². The number of rotatable bonds is 4. The first kappa shape index (κ1) is 15.4. The highest BCUT2D eigenvalue weighted by Crippen LogP contribution is 2.38. The van der Waals surface area contributed by atoms with Crippen LogP contribution in [0.3, 0.4) is 0 Å². The first-order chi connectivity index (χ1) is 11.8. The number of para-hydroxylation sites is 1. The second kappa shape index (κ2) is 6.76. The van der Waals surface area contributed by atoms with Gasteiger partial charge in [-0.1, -0.05) is 36.0 Å². The van der Waals surface area contributed by atoms with Gasteiger partial charge >= 0.3 is 0 Å². The average Bonchev–Trinajstić information content (AvgIpc) is 3.27. The summed E-state index contributed by atoms with van der Waals surface area (Å²) in [5.74, 6) is -0.0576. The number of benzene rings is 1. The Morgan fingerprint density at radius 2 is 1.96 bits per heavy atom. The summed E-state index contributed by atoms with van der Waals surface area (Å²) in [5.41, 5.74) is 0.991. The van der Waals surface area contributed by atoms with Crippen molar-refractivity contribution in [3.63, 3.8) is 0 Å². The number of hydrogen-bond donors (Lipinski definition) is 1. The van der Waals surface area contributed by atoms with Gasteiger partial charge in [-0.05, 0) is 35.7 Å². The van der Waals surface area contributed by atoms with Crippen LogP contribution in [0.25, 0.3) is 10.9 Å². The summed E-state index contributed by atoms with van der Waals surface area (Å²) >= 11 is 4.71. The molecule has 118 valence electrons. The maximum atomic E-state index is 12.1. The van der Waals surface area contributed by atoms with Gasteiger partial charge in [0.15, 0.2) is 0 Å². The molecular formula is C18H12N2OS3. The van der Waals surface area contributed by atoms with E-state index in [1.165, 1.54) is 16.2 Å². The number of fused-ring (bicyclic) bond motifs is 1. The molecule has 0 atom stereocenters. The van der Waals surface area contributed by atoms with Gasteiger partial charge in [-0.25, -0.2) is 0 Å². The highest BCUT2D eigenvalue weighted by molar-refractivity contribution is 8.01. The van der Waals surface area contributed by atoms with E-state index in [1.807, 2.05) is 60.1 Å². The summed E-state index contributed by atoms with van der Waals surface area (Å²) in [4.78, 5) is 18.4. The number of nitrogens with zero attached hydrogens (tertiary/aromatic N) is 1. The van der Waals surface area contributed by atoms with Gasteiger partial charge in [-0.15, -0.1) is 22.7 Å². The molecule has 3 nitrogen and oxygen atoms in total. The van der Waals surface area contributed by atoms with Gasteiger partial charge in [0, 0.05) is 16.5 Å². The molecular weight excluding hydrogens is 356 g/mol. The zero-order valence-corrected chi connectivity index (χ0v) is 14.9. The predicted molar refractivity (Wildman–Crippen MR) is 102 cm³/mol. The van der Waals surface area contributed by atoms with Crippen molar-refractivity contribution in [2.45, 2.75) is 9.10 Å². The summed E-state index contributed by atoms with van der Waals surface area (Å²) in [6.07, 6.45) is 1.83. The number of hydrogen-bond acceptors (Lipinski definition) is 5. The van der Waals surface area contributed by atoms with Gasteiger partial charge in [0.25, 0.3) is 5.91 Å². The van der Waals surface area contributed by atoms with Gasteiger partial charge in [0.05, 0.1) is 19.6 Å². The Kier molecular flexibility index (Phi) is 4.34. The molecule has 0 aliphatic carbocycles. The first-order valence-electron chi connectivity index (χ1n) is 7.26. The van der Waals surface area contributed by atoms with Crippen molar-refractivity contribution in [2.24, 2.45) is 0 Å². The molecule has 0 bridgehead atoms. The zero-order chi connectivity index (χ0) is 16.4. The topological polar surface area (TPSA) is 42.0 Å². The molecule has 0 saturated heterocycles. The van der Waals surface area contributed by atoms with Crippen LogP contribution in [0, 0.1) is 0 Å². The largest absolute Gasteiger partial charge is 0.313 e. The van der Waals surface area contributed by atoms with Crippen molar-refractivity contribution in [1.82, 2.24) is 4.98 Å². The van der Waals surface area contributed by atoms with Gasteiger partial charge in [-0.2, -0.15) is 0 Å². The monoisotopic (exact) mass is 368 g/mol. The van der Waals surface area contributed by atoms with E-state index in [-0.39, 0.29) is 5.91 Å². The molecule has 3 heterocycles. The Morgan fingerprint density at radius 1 is 1.04 bits per heavy atom. The van der Waals surface area contributed by atoms with Gasteiger partial charge in [0.1, 0.15) is 0 Å². The number of thiophene rings is 2. The number of anilines is 1. The minimum absolute atomic E-state index is 0.0576. The molecule has 0 spiro atoms. The standard InChI is InChI=1S/C18H12N2OS3/c21-18(15-6-3-11-22-15)20-16-7-8-17(24-16)23-14-9-10-19-13-5-2-1-4-12(13)14/h1-11H,(H,20,21). The molecule has 6 heteroatoms. The van der Waals surface area contributed by atoms with Crippen molar-refractivity contribution >= 4 is 56.2 Å². The van der Waals surface area contributed by atoms with E-state index in [0.717, 1.165) is 25.0 Å². The van der Waals surface area contributed by atoms with Gasteiger partial charge in [-0.3, -0.25) is 9.78 Å². The molecule has 4 aromatic rings. The van der Waals surface area contributed by atoms with Crippen LogP contribution in [-0.2, 0) is 0 Å². The smallest absolute Gasteiger partial charge is 0.266 e. The van der Waals surface area contributed by atoms with Crippen LogP contribution < -0.4 is 5.32 Å². The summed E-state index contributed by atoms with van der Waals surface area (Å²) in [5, 5.41) is 6.85. The Labute approximate surface area is 151 Å². The molecule has 0 aliphatic heterocycles. The Balaban J connectivity index is 1.54. The number of amides is 1. The van der Waals surface area contributed by atoms with Crippen LogP contribution in [0.5, 0.6) is 0 Å². The molecule has 4 rings (SSSR count). The first-order valence-corrected chi connectivity index (χ1v) is 9.77. The van der Waals surface area contributed by atoms with Crippen LogP contribution in [0.4, 0.5) is 5.00 Å². The SMILES string of the molecule is O=C(Nc1ccc(Sc2ccnc3ccccc23)s1)c1cccs1. The molecule has 1 amide bonds. The van der Waals surface area contributed by atoms with Gasteiger partial charge < -0.3 is 5.32 Å². The minimum Gasteiger partial charge on any atom is -0.313 e. The molecule has 0 aliphatic rings. The van der Waals surface area contributed by atoms with Crippen LogP contribution in [-0.4, -0.2) is 10.9 Å². The van der Waals surface area contributed by atoms with E-state index >= 15 is 0 Å². The van der Waals surface area contributed by atoms with Crippen molar-refractivity contribution < 1.29 is 4.79 Å². The van der Waals surface area contributed by atoms with Crippen LogP contribution in [0.15, 0.2) is 75.3 Å². The van der Waals surface area contributed by atoms with Crippen LogP contribution >= 0.6 is 34.4 Å². The van der Waals surface area contributed by atoms with E-state index in [9.17, 15) is 4.79 Å². The average molecular weight is 369 g/mol. The summed E-state index contributed by atoms with van der Waals surface area (Å²) < 4.78 is 1.13. The molecule has 3 aromatic heterocycles. The summed E-state index contributed by atoms with van der Waals surface area (Å²) in [6.45, 7) is 0. The molecule has 24 heavy (non-hydrogen) atoms. The third-order valence-corrected chi connectivity index (χ3v) is 6.46. The normalized spacial score (nSPS) is 10.8. The fourth-order valence-electron chi connectivity index (χ4n) is 2.29. The maximum absolute atomic E-state index is 12.1. The number of pyridine rings is 1. The quantitative estimate of drug-likeness (QED) is 0.498. The lowest BCUT2D eigenvalue weighted by Crippen LogP contribution is -2.08. The number of nitrogens with one attached hydrogen (secondary N) is 1. The van der Waals surface area contributed by atoms with E-state index in [1.54, 1.807) is 23.1 Å². The molecule has 0 radical (unpaired) electrons. The summed E-state index contributed by atoms with van der Waals surface area (Å²) in [6, 6.07) is 17.8. The molecule has 0 fully saturated rings. The minimum atomic E-state index is -0.0576. The second-order valence-electron chi connectivity index (χ2n) is 4.98. The third-order valence-electron chi connectivity index (χ3n) is 3.38. The predicted octanol–water partition coefficient (Wildman–Crippen LogP) is 5.76. The number of carbonyl (C=O) groups excluding carboxylic acids is 1. The zero-order valence-electron chi connectivity index (χ0n) is 12.4. The van der Waals surface area contributed by atoms with Crippen LogP contribution in [0.2, 0.25) is 0 Å². The Morgan fingerprint density at radius 3 is 2.83 bits per heavy atom. The number of carbonyl (C=O) groups is 1. The molecule has 0 unspecified atom stereocenters. The van der Waals surface area contributed by atoms with E-state index in [0.29, 0.717) is 0 Å². The number of aromatic nitrogens is 1. The third kappa shape index (κ3) is 3.21. The lowest BCUT2D eigenvalue weighted by atomic mass is 10.2. The fourth-order valence-corrected chi connectivity index (χ4v) is 5.01. The summed E-state index contributed by atoms with van der Waals surface area (Å²) in [7, 11) is 0. The second-order valence-corrected chi connectivity index (χ2v) is 8.35. The van der Waals surface area contributed by atoms with Crippen molar-refractivity contribution in [3.8, 4) is 0 Å². The molecule has 1 aromatic carbocycles. The molecule has 0 saturated carbocycles. The lowest BCUT2D eigenvalue weighted by Gasteiger charge is -2.03. The van der Waals surface area contributed by atoms with Crippen molar-refractivity contribution in [3.05, 3.63) is 71.1 Å². The van der Waals surface area contributed by atoms with Crippen LogP contribution in [0.1, 0.15) is 9.67 Å². The van der Waals surface area contributed by atoms with Crippen molar-refractivity contribution in [2.75, 3.05) is 5.32 Å². The maximum Gasteiger partial charge on any atom is 0.266 e. The Bertz CT molecular complexity index is 987. The Hall–Kier alpha value is -2.15. The van der Waals surface area contributed by atoms with E-state index in [4.69, 9.17) is 0 Å². The highest BCUT2D eigenvalue weighted by Gasteiger charge is 2.10. The fraction of sp³-hybridized carbons (Fsp3) is 0. The van der Waals surface area contributed by atoms with Gasteiger partial charge in [0.2, 0.25) is 0 Å². The van der Waals surface area contributed by atoms with E-state index in [2.05, 4.69) is 16.4 Å².